The minimum Gasteiger partial charge on any atom is -0.497 e. The van der Waals surface area contributed by atoms with Crippen molar-refractivity contribution in [1.29, 1.82) is 0 Å². The van der Waals surface area contributed by atoms with Crippen molar-refractivity contribution in [1.82, 2.24) is 4.90 Å². The molecule has 0 spiro atoms. The SMILES string of the molecule is COc1ccc(Br)c(C(=O)N(C)CCOc2ccccc2)c1. The van der Waals surface area contributed by atoms with Crippen LogP contribution in [-0.2, 0) is 0 Å². The van der Waals surface area contributed by atoms with Gasteiger partial charge in [-0.1, -0.05) is 18.2 Å². The Bertz CT molecular complexity index is 631. The lowest BCUT2D eigenvalue weighted by molar-refractivity contribution is 0.0772. The summed E-state index contributed by atoms with van der Waals surface area (Å²) in [6.07, 6.45) is 0. The van der Waals surface area contributed by atoms with Gasteiger partial charge in [0.25, 0.3) is 5.91 Å². The first-order valence-corrected chi connectivity index (χ1v) is 7.68. The van der Waals surface area contributed by atoms with E-state index in [4.69, 9.17) is 9.47 Å². The summed E-state index contributed by atoms with van der Waals surface area (Å²) in [4.78, 5) is 14.1. The number of carbonyl (C=O) groups excluding carboxylic acids is 1. The molecule has 0 N–H and O–H groups in total. The van der Waals surface area contributed by atoms with E-state index in [-0.39, 0.29) is 5.91 Å². The lowest BCUT2D eigenvalue weighted by atomic mass is 10.2. The van der Waals surface area contributed by atoms with Crippen molar-refractivity contribution >= 4 is 21.8 Å². The van der Waals surface area contributed by atoms with Gasteiger partial charge < -0.3 is 14.4 Å². The van der Waals surface area contributed by atoms with E-state index in [1.54, 1.807) is 37.3 Å². The topological polar surface area (TPSA) is 38.8 Å². The van der Waals surface area contributed by atoms with Gasteiger partial charge in [-0.05, 0) is 46.3 Å². The molecular formula is C17H18BrNO3. The molecule has 4 nitrogen and oxygen atoms in total. The molecule has 0 atom stereocenters. The molecule has 2 rings (SSSR count). The van der Waals surface area contributed by atoms with E-state index in [0.29, 0.717) is 24.5 Å². The van der Waals surface area contributed by atoms with Crippen molar-refractivity contribution in [2.75, 3.05) is 27.3 Å². The molecule has 0 radical (unpaired) electrons. The molecule has 5 heteroatoms. The second-order valence-corrected chi connectivity index (χ2v) is 5.59. The van der Waals surface area contributed by atoms with Gasteiger partial charge in [-0.25, -0.2) is 0 Å². The van der Waals surface area contributed by atoms with Crippen molar-refractivity contribution in [3.63, 3.8) is 0 Å². The lowest BCUT2D eigenvalue weighted by Crippen LogP contribution is -2.31. The number of hydrogen-bond donors (Lipinski definition) is 0. The molecule has 0 saturated carbocycles. The van der Waals surface area contributed by atoms with Crippen LogP contribution in [0.3, 0.4) is 0 Å². The van der Waals surface area contributed by atoms with Gasteiger partial charge in [0.15, 0.2) is 0 Å². The zero-order valence-electron chi connectivity index (χ0n) is 12.6. The molecular weight excluding hydrogens is 346 g/mol. The Balaban J connectivity index is 1.94. The number of benzene rings is 2. The molecule has 0 bridgehead atoms. The highest BCUT2D eigenvalue weighted by Gasteiger charge is 2.15. The number of methoxy groups -OCH3 is 1. The Morgan fingerprint density at radius 1 is 1.14 bits per heavy atom. The van der Waals surface area contributed by atoms with Crippen LogP contribution >= 0.6 is 15.9 Å². The number of ether oxygens (including phenoxy) is 2. The van der Waals surface area contributed by atoms with Crippen LogP contribution in [0.1, 0.15) is 10.4 Å². The molecule has 0 saturated heterocycles. The number of para-hydroxylation sites is 1. The van der Waals surface area contributed by atoms with Gasteiger partial charge >= 0.3 is 0 Å². The van der Waals surface area contributed by atoms with E-state index in [0.717, 1.165) is 10.2 Å². The van der Waals surface area contributed by atoms with Crippen molar-refractivity contribution in [2.24, 2.45) is 0 Å². The normalized spacial score (nSPS) is 10.1. The minimum absolute atomic E-state index is 0.0811. The van der Waals surface area contributed by atoms with Gasteiger partial charge in [-0.2, -0.15) is 0 Å². The van der Waals surface area contributed by atoms with Crippen LogP contribution in [-0.4, -0.2) is 38.1 Å². The first kappa shape index (κ1) is 16.4. The Morgan fingerprint density at radius 3 is 2.55 bits per heavy atom. The molecule has 0 aliphatic rings. The first-order valence-electron chi connectivity index (χ1n) is 6.88. The second-order valence-electron chi connectivity index (χ2n) is 4.73. The van der Waals surface area contributed by atoms with Crippen LogP contribution < -0.4 is 9.47 Å². The predicted molar refractivity (Wildman–Crippen MR) is 89.6 cm³/mol. The fraction of sp³-hybridized carbons (Fsp3) is 0.235. The Hall–Kier alpha value is -2.01. The van der Waals surface area contributed by atoms with Gasteiger partial charge in [0, 0.05) is 11.5 Å². The van der Waals surface area contributed by atoms with Gasteiger partial charge in [-0.15, -0.1) is 0 Å². The molecule has 0 aliphatic heterocycles. The number of nitrogens with zero attached hydrogens (tertiary/aromatic N) is 1. The number of amides is 1. The zero-order chi connectivity index (χ0) is 15.9. The number of halogens is 1. The fourth-order valence-electron chi connectivity index (χ4n) is 1.92. The molecule has 0 fully saturated rings. The highest BCUT2D eigenvalue weighted by molar-refractivity contribution is 9.10. The maximum absolute atomic E-state index is 12.5. The second kappa shape index (κ2) is 7.84. The van der Waals surface area contributed by atoms with E-state index >= 15 is 0 Å². The van der Waals surface area contributed by atoms with E-state index in [1.165, 1.54) is 0 Å². The summed E-state index contributed by atoms with van der Waals surface area (Å²) in [5, 5.41) is 0. The molecule has 0 aromatic heterocycles. The zero-order valence-corrected chi connectivity index (χ0v) is 14.2. The largest absolute Gasteiger partial charge is 0.497 e. The Labute approximate surface area is 138 Å². The van der Waals surface area contributed by atoms with Crippen molar-refractivity contribution in [2.45, 2.75) is 0 Å². The molecule has 2 aromatic carbocycles. The van der Waals surface area contributed by atoms with Crippen LogP contribution in [0.5, 0.6) is 11.5 Å². The molecule has 2 aromatic rings. The van der Waals surface area contributed by atoms with E-state index < -0.39 is 0 Å². The molecule has 22 heavy (non-hydrogen) atoms. The minimum atomic E-state index is -0.0811. The molecule has 116 valence electrons. The van der Waals surface area contributed by atoms with Crippen LogP contribution in [0.2, 0.25) is 0 Å². The van der Waals surface area contributed by atoms with Crippen molar-refractivity contribution < 1.29 is 14.3 Å². The average molecular weight is 364 g/mol. The summed E-state index contributed by atoms with van der Waals surface area (Å²) in [6, 6.07) is 14.9. The smallest absolute Gasteiger partial charge is 0.254 e. The highest BCUT2D eigenvalue weighted by atomic mass is 79.9. The quantitative estimate of drug-likeness (QED) is 0.786. The highest BCUT2D eigenvalue weighted by Crippen LogP contribution is 2.23. The summed E-state index contributed by atoms with van der Waals surface area (Å²) >= 11 is 3.40. The number of hydrogen-bond acceptors (Lipinski definition) is 3. The first-order chi connectivity index (χ1) is 10.6. The van der Waals surface area contributed by atoms with Gasteiger partial charge in [0.1, 0.15) is 18.1 Å². The predicted octanol–water partition coefficient (Wildman–Crippen LogP) is 3.61. The maximum Gasteiger partial charge on any atom is 0.254 e. The van der Waals surface area contributed by atoms with Crippen LogP contribution in [0, 0.1) is 0 Å². The van der Waals surface area contributed by atoms with Crippen molar-refractivity contribution in [3.8, 4) is 11.5 Å². The standard InChI is InChI=1S/C17H18BrNO3/c1-19(10-11-22-13-6-4-3-5-7-13)17(20)15-12-14(21-2)8-9-16(15)18/h3-9,12H,10-11H2,1-2H3. The fourth-order valence-corrected chi connectivity index (χ4v) is 2.34. The summed E-state index contributed by atoms with van der Waals surface area (Å²) in [5.74, 6) is 1.37. The van der Waals surface area contributed by atoms with E-state index in [2.05, 4.69) is 15.9 Å². The summed E-state index contributed by atoms with van der Waals surface area (Å²) < 4.78 is 11.5. The average Bonchev–Trinajstić information content (AvgIpc) is 2.55. The molecule has 0 unspecified atom stereocenters. The third kappa shape index (κ3) is 4.24. The van der Waals surface area contributed by atoms with Crippen LogP contribution in [0.15, 0.2) is 53.0 Å². The number of rotatable bonds is 6. The van der Waals surface area contributed by atoms with Crippen molar-refractivity contribution in [3.05, 3.63) is 58.6 Å². The number of carbonyl (C=O) groups is 1. The Kier molecular flexibility index (Phi) is 5.83. The molecule has 0 aliphatic carbocycles. The van der Waals surface area contributed by atoms with Crippen LogP contribution in [0.4, 0.5) is 0 Å². The van der Waals surface area contributed by atoms with E-state index in [9.17, 15) is 4.79 Å². The molecule has 1 amide bonds. The van der Waals surface area contributed by atoms with Gasteiger partial charge in [0.2, 0.25) is 0 Å². The Morgan fingerprint density at radius 2 is 1.86 bits per heavy atom. The third-order valence-electron chi connectivity index (χ3n) is 3.19. The molecule has 0 heterocycles. The van der Waals surface area contributed by atoms with Crippen LogP contribution in [0.25, 0.3) is 0 Å². The lowest BCUT2D eigenvalue weighted by Gasteiger charge is -2.18. The van der Waals surface area contributed by atoms with E-state index in [1.807, 2.05) is 30.3 Å². The van der Waals surface area contributed by atoms with Gasteiger partial charge in [-0.3, -0.25) is 4.79 Å². The maximum atomic E-state index is 12.5. The van der Waals surface area contributed by atoms with Gasteiger partial charge in [0.05, 0.1) is 19.2 Å². The summed E-state index contributed by atoms with van der Waals surface area (Å²) in [5.41, 5.74) is 0.571. The monoisotopic (exact) mass is 363 g/mol. The summed E-state index contributed by atoms with van der Waals surface area (Å²) in [6.45, 7) is 0.936. The number of likely N-dealkylation sites (N-methyl/N-ethyl adjacent to an activating group) is 1. The summed E-state index contributed by atoms with van der Waals surface area (Å²) in [7, 11) is 3.33. The third-order valence-corrected chi connectivity index (χ3v) is 3.88.